The number of anilines is 1. The van der Waals surface area contributed by atoms with Crippen LogP contribution in [0.25, 0.3) is 11.0 Å². The van der Waals surface area contributed by atoms with E-state index < -0.39 is 0 Å². The smallest absolute Gasteiger partial charge is 0.145 e. The van der Waals surface area contributed by atoms with Gasteiger partial charge < -0.3 is 10.2 Å². The predicted molar refractivity (Wildman–Crippen MR) is 76.6 cm³/mol. The Balaban J connectivity index is 2.19. The molecule has 2 aromatic rings. The van der Waals surface area contributed by atoms with E-state index in [-0.39, 0.29) is 0 Å². The van der Waals surface area contributed by atoms with Crippen molar-refractivity contribution in [3.63, 3.8) is 0 Å². The number of hydrogen-bond acceptors (Lipinski definition) is 4. The number of halogens is 2. The van der Waals surface area contributed by atoms with Gasteiger partial charge in [0.05, 0.1) is 27.3 Å². The largest absolute Gasteiger partial charge is 0.367 e. The lowest BCUT2D eigenvalue weighted by atomic mass is 10.3. The van der Waals surface area contributed by atoms with E-state index in [0.717, 1.165) is 29.9 Å². The Bertz CT molecular complexity index is 557. The van der Waals surface area contributed by atoms with Gasteiger partial charge in [-0.25, -0.2) is 4.98 Å². The fraction of sp³-hybridized carbons (Fsp3) is 0.333. The number of hydrogen-bond donors (Lipinski definition) is 1. The molecule has 0 fully saturated rings. The Morgan fingerprint density at radius 3 is 2.50 bits per heavy atom. The van der Waals surface area contributed by atoms with Gasteiger partial charge in [-0.3, -0.25) is 4.98 Å². The van der Waals surface area contributed by atoms with E-state index >= 15 is 0 Å². The van der Waals surface area contributed by atoms with Crippen molar-refractivity contribution in [1.82, 2.24) is 14.9 Å². The summed E-state index contributed by atoms with van der Waals surface area (Å²) in [5.41, 5.74) is 1.47. The zero-order valence-corrected chi connectivity index (χ0v) is 11.8. The summed E-state index contributed by atoms with van der Waals surface area (Å²) in [6, 6.07) is 3.44. The Kier molecular flexibility index (Phi) is 4.22. The molecule has 18 heavy (non-hydrogen) atoms. The van der Waals surface area contributed by atoms with Gasteiger partial charge in [-0.2, -0.15) is 0 Å². The van der Waals surface area contributed by atoms with Gasteiger partial charge in [-0.15, -0.1) is 0 Å². The SMILES string of the molecule is CN(C)CCNc1cnc2cc(Cl)c(Cl)cc2n1. The van der Waals surface area contributed by atoms with Gasteiger partial charge in [-0.1, -0.05) is 23.2 Å². The zero-order valence-electron chi connectivity index (χ0n) is 10.2. The molecule has 0 spiro atoms. The molecule has 1 N–H and O–H groups in total. The fourth-order valence-electron chi connectivity index (χ4n) is 1.50. The topological polar surface area (TPSA) is 41.0 Å². The van der Waals surface area contributed by atoms with Crippen LogP contribution in [0.4, 0.5) is 5.82 Å². The number of nitrogens with zero attached hydrogens (tertiary/aromatic N) is 3. The number of nitrogens with one attached hydrogen (secondary N) is 1. The van der Waals surface area contributed by atoms with E-state index in [0.29, 0.717) is 10.0 Å². The number of fused-ring (bicyclic) bond motifs is 1. The molecule has 0 atom stereocenters. The maximum absolute atomic E-state index is 5.96. The molecule has 96 valence electrons. The number of aromatic nitrogens is 2. The van der Waals surface area contributed by atoms with E-state index in [1.807, 2.05) is 14.1 Å². The standard InChI is InChI=1S/C12H14Cl2N4/c1-18(2)4-3-15-12-7-16-10-5-8(13)9(14)6-11(10)17-12/h5-7H,3-4H2,1-2H3,(H,15,17). The Morgan fingerprint density at radius 1 is 1.17 bits per heavy atom. The second kappa shape index (κ2) is 5.69. The van der Waals surface area contributed by atoms with Crippen LogP contribution in [0.1, 0.15) is 0 Å². The van der Waals surface area contributed by atoms with Crippen LogP contribution in [-0.4, -0.2) is 42.1 Å². The normalized spacial score (nSPS) is 11.2. The summed E-state index contributed by atoms with van der Waals surface area (Å²) in [6.45, 7) is 1.75. The summed E-state index contributed by atoms with van der Waals surface area (Å²) in [4.78, 5) is 10.8. The van der Waals surface area contributed by atoms with Crippen LogP contribution in [0, 0.1) is 0 Å². The average Bonchev–Trinajstić information content (AvgIpc) is 2.30. The molecule has 0 saturated heterocycles. The van der Waals surface area contributed by atoms with E-state index in [2.05, 4.69) is 20.2 Å². The highest BCUT2D eigenvalue weighted by molar-refractivity contribution is 6.42. The molecule has 0 unspecified atom stereocenters. The van der Waals surface area contributed by atoms with E-state index in [9.17, 15) is 0 Å². The van der Waals surface area contributed by atoms with E-state index in [1.54, 1.807) is 18.3 Å². The first-order valence-electron chi connectivity index (χ1n) is 5.56. The molecule has 0 saturated carbocycles. The summed E-state index contributed by atoms with van der Waals surface area (Å²) < 4.78 is 0. The number of likely N-dealkylation sites (N-methyl/N-ethyl adjacent to an activating group) is 1. The highest BCUT2D eigenvalue weighted by Crippen LogP contribution is 2.26. The summed E-state index contributed by atoms with van der Waals surface area (Å²) in [5, 5.41) is 4.19. The zero-order chi connectivity index (χ0) is 13.1. The van der Waals surface area contributed by atoms with Crippen LogP contribution in [0.3, 0.4) is 0 Å². The minimum absolute atomic E-state index is 0.490. The molecule has 1 aromatic carbocycles. The van der Waals surface area contributed by atoms with Crippen molar-refractivity contribution in [3.05, 3.63) is 28.4 Å². The molecule has 0 bridgehead atoms. The molecular formula is C12H14Cl2N4. The lowest BCUT2D eigenvalue weighted by molar-refractivity contribution is 0.425. The minimum Gasteiger partial charge on any atom is -0.367 e. The monoisotopic (exact) mass is 284 g/mol. The molecule has 0 aliphatic carbocycles. The molecule has 6 heteroatoms. The Morgan fingerprint density at radius 2 is 1.83 bits per heavy atom. The lowest BCUT2D eigenvalue weighted by Crippen LogP contribution is -2.21. The van der Waals surface area contributed by atoms with Crippen molar-refractivity contribution in [2.24, 2.45) is 0 Å². The second-order valence-electron chi connectivity index (χ2n) is 4.24. The summed E-state index contributed by atoms with van der Waals surface area (Å²) in [7, 11) is 4.05. The van der Waals surface area contributed by atoms with Crippen molar-refractivity contribution in [2.45, 2.75) is 0 Å². The number of rotatable bonds is 4. The van der Waals surface area contributed by atoms with Gasteiger partial charge in [0, 0.05) is 13.1 Å². The van der Waals surface area contributed by atoms with Crippen molar-refractivity contribution >= 4 is 40.1 Å². The number of benzene rings is 1. The van der Waals surface area contributed by atoms with Crippen molar-refractivity contribution < 1.29 is 0 Å². The fourth-order valence-corrected chi connectivity index (χ4v) is 1.82. The van der Waals surface area contributed by atoms with Gasteiger partial charge in [-0.05, 0) is 26.2 Å². The molecule has 0 radical (unpaired) electrons. The summed E-state index contributed by atoms with van der Waals surface area (Å²) in [5.74, 6) is 0.739. The first-order chi connectivity index (χ1) is 8.56. The molecule has 1 heterocycles. The molecular weight excluding hydrogens is 271 g/mol. The van der Waals surface area contributed by atoms with Crippen LogP contribution >= 0.6 is 23.2 Å². The highest BCUT2D eigenvalue weighted by atomic mass is 35.5. The quantitative estimate of drug-likeness (QED) is 0.937. The third-order valence-electron chi connectivity index (χ3n) is 2.45. The van der Waals surface area contributed by atoms with Gasteiger partial charge in [0.1, 0.15) is 5.82 Å². The van der Waals surface area contributed by atoms with Crippen LogP contribution in [0.5, 0.6) is 0 Å². The molecule has 2 rings (SSSR count). The van der Waals surface area contributed by atoms with Crippen molar-refractivity contribution in [3.8, 4) is 0 Å². The predicted octanol–water partition coefficient (Wildman–Crippen LogP) is 2.91. The van der Waals surface area contributed by atoms with Crippen LogP contribution in [0.2, 0.25) is 10.0 Å². The van der Waals surface area contributed by atoms with Gasteiger partial charge in [0.25, 0.3) is 0 Å². The van der Waals surface area contributed by atoms with E-state index in [4.69, 9.17) is 23.2 Å². The molecule has 0 aliphatic heterocycles. The minimum atomic E-state index is 0.490. The first-order valence-corrected chi connectivity index (χ1v) is 6.32. The first kappa shape index (κ1) is 13.3. The molecule has 4 nitrogen and oxygen atoms in total. The van der Waals surface area contributed by atoms with Crippen LogP contribution < -0.4 is 5.32 Å². The third kappa shape index (κ3) is 3.22. The van der Waals surface area contributed by atoms with Gasteiger partial charge in [0.2, 0.25) is 0 Å². The van der Waals surface area contributed by atoms with E-state index in [1.165, 1.54) is 0 Å². The van der Waals surface area contributed by atoms with Crippen molar-refractivity contribution in [2.75, 3.05) is 32.5 Å². The molecule has 0 amide bonds. The lowest BCUT2D eigenvalue weighted by Gasteiger charge is -2.11. The second-order valence-corrected chi connectivity index (χ2v) is 5.05. The molecule has 1 aromatic heterocycles. The molecule has 0 aliphatic rings. The van der Waals surface area contributed by atoms with Crippen molar-refractivity contribution in [1.29, 1.82) is 0 Å². The Hall–Kier alpha value is -1.10. The maximum Gasteiger partial charge on any atom is 0.145 e. The van der Waals surface area contributed by atoms with Crippen LogP contribution in [-0.2, 0) is 0 Å². The summed E-state index contributed by atoms with van der Waals surface area (Å²) >= 11 is 11.9. The van der Waals surface area contributed by atoms with Gasteiger partial charge >= 0.3 is 0 Å². The Labute approximate surface area is 116 Å². The van der Waals surface area contributed by atoms with Gasteiger partial charge in [0.15, 0.2) is 0 Å². The average molecular weight is 285 g/mol. The highest BCUT2D eigenvalue weighted by Gasteiger charge is 2.04. The summed E-state index contributed by atoms with van der Waals surface area (Å²) in [6.07, 6.45) is 1.70. The maximum atomic E-state index is 5.96. The van der Waals surface area contributed by atoms with Crippen LogP contribution in [0.15, 0.2) is 18.3 Å². The third-order valence-corrected chi connectivity index (χ3v) is 3.17.